The van der Waals surface area contributed by atoms with Gasteiger partial charge in [-0.3, -0.25) is 9.59 Å². The topological polar surface area (TPSA) is 55.4 Å². The summed E-state index contributed by atoms with van der Waals surface area (Å²) in [7, 11) is 0. The maximum atomic E-state index is 12.0. The van der Waals surface area contributed by atoms with Crippen LogP contribution >= 0.6 is 0 Å². The highest BCUT2D eigenvalue weighted by Crippen LogP contribution is 2.18. The van der Waals surface area contributed by atoms with E-state index in [4.69, 9.17) is 4.74 Å². The zero-order valence-corrected chi connectivity index (χ0v) is 10.8. The fourth-order valence-electron chi connectivity index (χ4n) is 1.75. The maximum Gasteiger partial charge on any atom is 0.325 e. The third-order valence-electron chi connectivity index (χ3n) is 2.64. The van der Waals surface area contributed by atoms with Crippen LogP contribution < -0.4 is 5.32 Å². The Hall–Kier alpha value is -1.84. The van der Waals surface area contributed by atoms with E-state index >= 15 is 0 Å². The van der Waals surface area contributed by atoms with Crippen molar-refractivity contribution in [2.75, 3.05) is 13.2 Å². The lowest BCUT2D eigenvalue weighted by Gasteiger charge is -2.14. The Morgan fingerprint density at radius 2 is 1.89 bits per heavy atom. The van der Waals surface area contributed by atoms with Crippen molar-refractivity contribution in [2.45, 2.75) is 26.2 Å². The van der Waals surface area contributed by atoms with Crippen LogP contribution in [0.4, 0.5) is 0 Å². The van der Waals surface area contributed by atoms with Crippen LogP contribution in [0.25, 0.3) is 0 Å². The van der Waals surface area contributed by atoms with Gasteiger partial charge in [0.15, 0.2) is 0 Å². The van der Waals surface area contributed by atoms with Gasteiger partial charge in [-0.15, -0.1) is 0 Å². The van der Waals surface area contributed by atoms with Gasteiger partial charge < -0.3 is 10.1 Å². The van der Waals surface area contributed by atoms with Gasteiger partial charge in [-0.1, -0.05) is 37.3 Å². The van der Waals surface area contributed by atoms with Gasteiger partial charge >= 0.3 is 5.97 Å². The Morgan fingerprint density at radius 1 is 1.22 bits per heavy atom. The highest BCUT2D eigenvalue weighted by atomic mass is 16.5. The van der Waals surface area contributed by atoms with Crippen molar-refractivity contribution in [2.24, 2.45) is 0 Å². The van der Waals surface area contributed by atoms with Gasteiger partial charge in [0.05, 0.1) is 12.5 Å². The molecule has 98 valence electrons. The molecule has 0 bridgehead atoms. The number of ether oxygens (including phenoxy) is 1. The molecular formula is C14H19NO3. The number of nitrogens with one attached hydrogen (secondary N) is 1. The van der Waals surface area contributed by atoms with E-state index in [1.165, 1.54) is 0 Å². The van der Waals surface area contributed by atoms with Crippen molar-refractivity contribution >= 4 is 11.9 Å². The standard InChI is InChI=1S/C14H19NO3/c1-3-12(11-8-6-5-7-9-11)14(17)15-10-13(16)18-4-2/h5-9,12H,3-4,10H2,1-2H3,(H,15,17). The van der Waals surface area contributed by atoms with E-state index in [0.717, 1.165) is 5.56 Å². The fraction of sp³-hybridized carbons (Fsp3) is 0.429. The van der Waals surface area contributed by atoms with Crippen LogP contribution in [0, 0.1) is 0 Å². The van der Waals surface area contributed by atoms with Gasteiger partial charge in [-0.05, 0) is 18.9 Å². The van der Waals surface area contributed by atoms with Crippen molar-refractivity contribution in [1.82, 2.24) is 5.32 Å². The van der Waals surface area contributed by atoms with E-state index in [9.17, 15) is 9.59 Å². The summed E-state index contributed by atoms with van der Waals surface area (Å²) in [5.41, 5.74) is 0.960. The molecule has 0 saturated heterocycles. The van der Waals surface area contributed by atoms with Gasteiger partial charge in [-0.2, -0.15) is 0 Å². The third kappa shape index (κ3) is 4.20. The van der Waals surface area contributed by atoms with E-state index in [0.29, 0.717) is 13.0 Å². The minimum atomic E-state index is -0.409. The molecule has 1 aromatic carbocycles. The number of rotatable bonds is 6. The van der Waals surface area contributed by atoms with E-state index in [2.05, 4.69) is 5.32 Å². The van der Waals surface area contributed by atoms with Crippen LogP contribution in [0.5, 0.6) is 0 Å². The summed E-state index contributed by atoms with van der Waals surface area (Å²) >= 11 is 0. The highest BCUT2D eigenvalue weighted by molar-refractivity contribution is 5.86. The van der Waals surface area contributed by atoms with Crippen molar-refractivity contribution in [3.8, 4) is 0 Å². The summed E-state index contributed by atoms with van der Waals surface area (Å²) in [6.45, 7) is 3.93. The summed E-state index contributed by atoms with van der Waals surface area (Å²) in [4.78, 5) is 23.1. The first kappa shape index (κ1) is 14.2. The second-order valence-corrected chi connectivity index (χ2v) is 3.89. The van der Waals surface area contributed by atoms with Gasteiger partial charge in [0, 0.05) is 0 Å². The molecule has 0 aromatic heterocycles. The molecule has 1 rings (SSSR count). The van der Waals surface area contributed by atoms with Crippen LogP contribution in [-0.2, 0) is 14.3 Å². The van der Waals surface area contributed by atoms with Crippen molar-refractivity contribution in [3.05, 3.63) is 35.9 Å². The molecule has 0 aliphatic carbocycles. The minimum absolute atomic E-state index is 0.0734. The summed E-state index contributed by atoms with van der Waals surface area (Å²) in [5.74, 6) is -0.772. The predicted molar refractivity (Wildman–Crippen MR) is 69.1 cm³/mol. The second kappa shape index (κ2) is 7.48. The van der Waals surface area contributed by atoms with Crippen LogP contribution in [-0.4, -0.2) is 25.0 Å². The lowest BCUT2D eigenvalue weighted by molar-refractivity contribution is -0.143. The number of esters is 1. The molecule has 18 heavy (non-hydrogen) atoms. The first-order valence-electron chi connectivity index (χ1n) is 6.17. The van der Waals surface area contributed by atoms with Crippen molar-refractivity contribution in [1.29, 1.82) is 0 Å². The SMILES string of the molecule is CCOC(=O)CNC(=O)C(CC)c1ccccc1. The Kier molecular flexibility index (Phi) is 5.91. The van der Waals surface area contributed by atoms with E-state index in [-0.39, 0.29) is 18.4 Å². The van der Waals surface area contributed by atoms with Gasteiger partial charge in [0.25, 0.3) is 0 Å². The predicted octanol–water partition coefficient (Wildman–Crippen LogP) is 1.86. The Labute approximate surface area is 107 Å². The molecule has 1 atom stereocenters. The molecule has 1 N–H and O–H groups in total. The zero-order valence-electron chi connectivity index (χ0n) is 10.8. The smallest absolute Gasteiger partial charge is 0.325 e. The summed E-state index contributed by atoms with van der Waals surface area (Å²) in [5, 5.41) is 2.60. The molecule has 1 amide bonds. The normalized spacial score (nSPS) is 11.7. The summed E-state index contributed by atoms with van der Waals surface area (Å²) in [6.07, 6.45) is 0.693. The van der Waals surface area contributed by atoms with Crippen LogP contribution in [0.2, 0.25) is 0 Å². The number of hydrogen-bond donors (Lipinski definition) is 1. The Bertz CT molecular complexity index is 389. The molecule has 4 heteroatoms. The monoisotopic (exact) mass is 249 g/mol. The molecule has 0 aliphatic rings. The van der Waals surface area contributed by atoms with Gasteiger partial charge in [0.2, 0.25) is 5.91 Å². The van der Waals surface area contributed by atoms with Crippen LogP contribution in [0.15, 0.2) is 30.3 Å². The molecule has 0 spiro atoms. The maximum absolute atomic E-state index is 12.0. The minimum Gasteiger partial charge on any atom is -0.465 e. The van der Waals surface area contributed by atoms with E-state index in [1.807, 2.05) is 37.3 Å². The lowest BCUT2D eigenvalue weighted by Crippen LogP contribution is -2.34. The second-order valence-electron chi connectivity index (χ2n) is 3.89. The summed E-state index contributed by atoms with van der Waals surface area (Å²) in [6, 6.07) is 9.54. The first-order chi connectivity index (χ1) is 8.69. The Morgan fingerprint density at radius 3 is 2.44 bits per heavy atom. The first-order valence-corrected chi connectivity index (χ1v) is 6.17. The van der Waals surface area contributed by atoms with Gasteiger partial charge in [-0.25, -0.2) is 0 Å². The molecule has 0 heterocycles. The number of hydrogen-bond acceptors (Lipinski definition) is 3. The number of carbonyl (C=O) groups excluding carboxylic acids is 2. The molecule has 4 nitrogen and oxygen atoms in total. The lowest BCUT2D eigenvalue weighted by atomic mass is 9.96. The number of benzene rings is 1. The van der Waals surface area contributed by atoms with Crippen LogP contribution in [0.1, 0.15) is 31.7 Å². The van der Waals surface area contributed by atoms with Crippen molar-refractivity contribution in [3.63, 3.8) is 0 Å². The third-order valence-corrected chi connectivity index (χ3v) is 2.64. The average Bonchev–Trinajstić information content (AvgIpc) is 2.39. The molecule has 1 unspecified atom stereocenters. The molecule has 0 aliphatic heterocycles. The van der Waals surface area contributed by atoms with Crippen molar-refractivity contribution < 1.29 is 14.3 Å². The van der Waals surface area contributed by atoms with E-state index in [1.54, 1.807) is 6.92 Å². The number of amides is 1. The quantitative estimate of drug-likeness (QED) is 0.783. The van der Waals surface area contributed by atoms with Gasteiger partial charge in [0.1, 0.15) is 6.54 Å². The molecule has 0 saturated carbocycles. The zero-order chi connectivity index (χ0) is 13.4. The fourth-order valence-corrected chi connectivity index (χ4v) is 1.75. The Balaban J connectivity index is 2.56. The number of carbonyl (C=O) groups is 2. The van der Waals surface area contributed by atoms with Crippen LogP contribution in [0.3, 0.4) is 0 Å². The molecule has 1 aromatic rings. The molecule has 0 fully saturated rings. The largest absolute Gasteiger partial charge is 0.465 e. The molecule has 0 radical (unpaired) electrons. The van der Waals surface area contributed by atoms with E-state index < -0.39 is 5.97 Å². The average molecular weight is 249 g/mol. The molecular weight excluding hydrogens is 230 g/mol. The highest BCUT2D eigenvalue weighted by Gasteiger charge is 2.18. The summed E-state index contributed by atoms with van der Waals surface area (Å²) < 4.78 is 4.76.